The molecule has 0 aliphatic heterocycles. The standard InChI is InChI=1S/C23H19N3O2/c27-21(17-9-10-17)15-22-24-23-8-4-7-20(26(23)25-22)16-11-13-19(14-12-16)28-18-5-2-1-3-6-18/h1-8,11-14,17H,9-10,15H2. The number of fused-ring (bicyclic) bond motifs is 1. The Morgan fingerprint density at radius 2 is 1.68 bits per heavy atom. The van der Waals surface area contributed by atoms with Crippen LogP contribution in [0.15, 0.2) is 72.8 Å². The Balaban J connectivity index is 1.42. The number of hydrogen-bond donors (Lipinski definition) is 0. The van der Waals surface area contributed by atoms with Crippen molar-refractivity contribution in [3.63, 3.8) is 0 Å². The van der Waals surface area contributed by atoms with E-state index < -0.39 is 0 Å². The van der Waals surface area contributed by atoms with E-state index in [2.05, 4.69) is 10.1 Å². The molecule has 0 unspecified atom stereocenters. The number of Topliss-reactive ketones (excluding diaryl/α,β-unsaturated/α-hetero) is 1. The number of carbonyl (C=O) groups is 1. The van der Waals surface area contributed by atoms with Crippen molar-refractivity contribution < 1.29 is 9.53 Å². The highest BCUT2D eigenvalue weighted by Crippen LogP contribution is 2.31. The van der Waals surface area contributed by atoms with Crippen LogP contribution in [-0.2, 0) is 11.2 Å². The van der Waals surface area contributed by atoms with Crippen molar-refractivity contribution in [2.24, 2.45) is 5.92 Å². The molecule has 2 heterocycles. The molecule has 5 heteroatoms. The van der Waals surface area contributed by atoms with E-state index in [1.807, 2.05) is 77.3 Å². The van der Waals surface area contributed by atoms with E-state index in [4.69, 9.17) is 4.74 Å². The van der Waals surface area contributed by atoms with Gasteiger partial charge < -0.3 is 4.74 Å². The van der Waals surface area contributed by atoms with E-state index in [-0.39, 0.29) is 11.7 Å². The Morgan fingerprint density at radius 3 is 2.43 bits per heavy atom. The molecule has 0 spiro atoms. The van der Waals surface area contributed by atoms with Crippen molar-refractivity contribution in [2.45, 2.75) is 19.3 Å². The topological polar surface area (TPSA) is 56.5 Å². The van der Waals surface area contributed by atoms with Crippen LogP contribution < -0.4 is 4.74 Å². The van der Waals surface area contributed by atoms with E-state index in [0.717, 1.165) is 41.2 Å². The van der Waals surface area contributed by atoms with Crippen LogP contribution in [0.4, 0.5) is 0 Å². The highest BCUT2D eigenvalue weighted by Gasteiger charge is 2.30. The average Bonchev–Trinajstić information content (AvgIpc) is 3.49. The molecular weight excluding hydrogens is 350 g/mol. The van der Waals surface area contributed by atoms with Gasteiger partial charge in [-0.25, -0.2) is 9.50 Å². The highest BCUT2D eigenvalue weighted by atomic mass is 16.5. The summed E-state index contributed by atoms with van der Waals surface area (Å²) in [4.78, 5) is 16.6. The van der Waals surface area contributed by atoms with Gasteiger partial charge in [0.05, 0.1) is 12.1 Å². The SMILES string of the molecule is O=C(Cc1nc2cccc(-c3ccc(Oc4ccccc4)cc3)n2n1)C1CC1. The maximum absolute atomic E-state index is 12.1. The molecule has 0 amide bonds. The number of pyridine rings is 1. The lowest BCUT2D eigenvalue weighted by atomic mass is 10.1. The molecular formula is C23H19N3O2. The fourth-order valence-electron chi connectivity index (χ4n) is 3.27. The summed E-state index contributed by atoms with van der Waals surface area (Å²) in [5.41, 5.74) is 2.69. The third-order valence-corrected chi connectivity index (χ3v) is 4.90. The van der Waals surface area contributed by atoms with E-state index >= 15 is 0 Å². The third-order valence-electron chi connectivity index (χ3n) is 4.90. The lowest BCUT2D eigenvalue weighted by Crippen LogP contribution is -2.06. The summed E-state index contributed by atoms with van der Waals surface area (Å²) in [6.07, 6.45) is 2.33. The normalized spacial score (nSPS) is 13.6. The van der Waals surface area contributed by atoms with E-state index in [0.29, 0.717) is 12.2 Å². The summed E-state index contributed by atoms with van der Waals surface area (Å²) >= 11 is 0. The van der Waals surface area contributed by atoms with Crippen molar-refractivity contribution in [1.82, 2.24) is 14.6 Å². The molecule has 1 aliphatic carbocycles. The fraction of sp³-hybridized carbons (Fsp3) is 0.174. The maximum atomic E-state index is 12.1. The molecule has 0 N–H and O–H groups in total. The minimum Gasteiger partial charge on any atom is -0.457 e. The molecule has 2 aromatic heterocycles. The minimum absolute atomic E-state index is 0.225. The van der Waals surface area contributed by atoms with Gasteiger partial charge in [-0.05, 0) is 61.4 Å². The predicted molar refractivity (Wildman–Crippen MR) is 106 cm³/mol. The molecule has 1 saturated carbocycles. The second-order valence-electron chi connectivity index (χ2n) is 7.07. The van der Waals surface area contributed by atoms with Gasteiger partial charge in [-0.2, -0.15) is 5.10 Å². The van der Waals surface area contributed by atoms with Crippen molar-refractivity contribution in [2.75, 3.05) is 0 Å². The number of rotatable bonds is 6. The zero-order chi connectivity index (χ0) is 18.9. The molecule has 4 aromatic rings. The van der Waals surface area contributed by atoms with E-state index in [1.54, 1.807) is 0 Å². The van der Waals surface area contributed by atoms with Gasteiger partial charge in [-0.1, -0.05) is 24.3 Å². The number of hydrogen-bond acceptors (Lipinski definition) is 4. The summed E-state index contributed by atoms with van der Waals surface area (Å²) in [6, 6.07) is 23.5. The zero-order valence-electron chi connectivity index (χ0n) is 15.3. The third kappa shape index (κ3) is 3.39. The van der Waals surface area contributed by atoms with Crippen LogP contribution in [0.2, 0.25) is 0 Å². The van der Waals surface area contributed by atoms with Gasteiger partial charge in [0.2, 0.25) is 0 Å². The highest BCUT2D eigenvalue weighted by molar-refractivity contribution is 5.84. The monoisotopic (exact) mass is 369 g/mol. The van der Waals surface area contributed by atoms with Crippen LogP contribution in [-0.4, -0.2) is 20.4 Å². The summed E-state index contributed by atoms with van der Waals surface area (Å²) in [5, 5.41) is 4.58. The van der Waals surface area contributed by atoms with Crippen LogP contribution in [0.3, 0.4) is 0 Å². The molecule has 1 fully saturated rings. The van der Waals surface area contributed by atoms with E-state index in [9.17, 15) is 4.79 Å². The van der Waals surface area contributed by atoms with Crippen molar-refractivity contribution in [1.29, 1.82) is 0 Å². The van der Waals surface area contributed by atoms with Gasteiger partial charge in [-0.15, -0.1) is 0 Å². The largest absolute Gasteiger partial charge is 0.457 e. The van der Waals surface area contributed by atoms with Gasteiger partial charge in [0.1, 0.15) is 17.3 Å². The number of carbonyl (C=O) groups excluding carboxylic acids is 1. The first kappa shape index (κ1) is 16.7. The Bertz CT molecular complexity index is 1130. The second-order valence-corrected chi connectivity index (χ2v) is 7.07. The molecule has 0 bridgehead atoms. The van der Waals surface area contributed by atoms with Gasteiger partial charge in [-0.3, -0.25) is 4.79 Å². The van der Waals surface area contributed by atoms with Crippen LogP contribution in [0.5, 0.6) is 11.5 Å². The number of benzene rings is 2. The predicted octanol–water partition coefficient (Wildman–Crippen LogP) is 4.71. The van der Waals surface area contributed by atoms with Crippen LogP contribution in [0, 0.1) is 5.92 Å². The van der Waals surface area contributed by atoms with Crippen molar-refractivity contribution in [3.05, 3.63) is 78.6 Å². The summed E-state index contributed by atoms with van der Waals surface area (Å²) in [5.74, 6) is 2.64. The molecule has 2 aromatic carbocycles. The van der Waals surface area contributed by atoms with Crippen LogP contribution in [0.25, 0.3) is 16.9 Å². The lowest BCUT2D eigenvalue weighted by Gasteiger charge is -2.08. The van der Waals surface area contributed by atoms with Gasteiger partial charge in [0.15, 0.2) is 11.5 Å². The number of ketones is 1. The average molecular weight is 369 g/mol. The molecule has 0 radical (unpaired) electrons. The Kier molecular flexibility index (Phi) is 4.13. The second kappa shape index (κ2) is 6.93. The fourth-order valence-corrected chi connectivity index (χ4v) is 3.27. The van der Waals surface area contributed by atoms with Crippen LogP contribution >= 0.6 is 0 Å². The molecule has 0 atom stereocenters. The van der Waals surface area contributed by atoms with E-state index in [1.165, 1.54) is 0 Å². The maximum Gasteiger partial charge on any atom is 0.159 e. The first-order chi connectivity index (χ1) is 13.8. The molecule has 1 aliphatic rings. The lowest BCUT2D eigenvalue weighted by molar-refractivity contribution is -0.119. The van der Waals surface area contributed by atoms with Gasteiger partial charge >= 0.3 is 0 Å². The number of nitrogens with zero attached hydrogens (tertiary/aromatic N) is 3. The van der Waals surface area contributed by atoms with Gasteiger partial charge in [0.25, 0.3) is 0 Å². The Morgan fingerprint density at radius 1 is 0.929 bits per heavy atom. The molecule has 5 rings (SSSR count). The number of aromatic nitrogens is 3. The minimum atomic E-state index is 0.225. The molecule has 5 nitrogen and oxygen atoms in total. The summed E-state index contributed by atoms with van der Waals surface area (Å²) < 4.78 is 7.67. The van der Waals surface area contributed by atoms with Crippen molar-refractivity contribution >= 4 is 11.4 Å². The van der Waals surface area contributed by atoms with Crippen molar-refractivity contribution in [3.8, 4) is 22.8 Å². The Hall–Kier alpha value is -3.47. The van der Waals surface area contributed by atoms with Crippen LogP contribution in [0.1, 0.15) is 18.7 Å². The summed E-state index contributed by atoms with van der Waals surface area (Å²) in [6.45, 7) is 0. The zero-order valence-corrected chi connectivity index (χ0v) is 15.3. The first-order valence-corrected chi connectivity index (χ1v) is 9.47. The summed E-state index contributed by atoms with van der Waals surface area (Å²) in [7, 11) is 0. The number of para-hydroxylation sites is 1. The molecule has 28 heavy (non-hydrogen) atoms. The first-order valence-electron chi connectivity index (χ1n) is 9.47. The number of ether oxygens (including phenoxy) is 1. The quantitative estimate of drug-likeness (QED) is 0.494. The molecule has 0 saturated heterocycles. The molecule has 138 valence electrons. The smallest absolute Gasteiger partial charge is 0.159 e. The Labute approximate surface area is 162 Å². The van der Waals surface area contributed by atoms with Gasteiger partial charge in [0, 0.05) is 11.5 Å².